The zero-order valence-corrected chi connectivity index (χ0v) is 22.6. The zero-order chi connectivity index (χ0) is 28.4. The summed E-state index contributed by atoms with van der Waals surface area (Å²) in [4.78, 5) is 40.5. The second kappa shape index (κ2) is 14.3. The van der Waals surface area contributed by atoms with E-state index in [9.17, 15) is 19.5 Å². The van der Waals surface area contributed by atoms with Crippen molar-refractivity contribution in [1.29, 1.82) is 0 Å². The van der Waals surface area contributed by atoms with Gasteiger partial charge in [0.05, 0.1) is 12.4 Å². The van der Waals surface area contributed by atoms with Crippen molar-refractivity contribution in [2.24, 2.45) is 11.5 Å². The normalized spacial score (nSPS) is 12.6. The van der Waals surface area contributed by atoms with Gasteiger partial charge in [0.15, 0.2) is 0 Å². The van der Waals surface area contributed by atoms with Crippen LogP contribution in [0.15, 0.2) is 65.3 Å². The lowest BCUT2D eigenvalue weighted by Gasteiger charge is -2.29. The molecule has 3 amide bonds. The van der Waals surface area contributed by atoms with Crippen LogP contribution >= 0.6 is 0 Å². The third kappa shape index (κ3) is 7.78. The van der Waals surface area contributed by atoms with Gasteiger partial charge in [-0.05, 0) is 48.2 Å². The van der Waals surface area contributed by atoms with E-state index in [1.165, 1.54) is 18.4 Å². The molecule has 0 saturated carbocycles. The third-order valence-corrected chi connectivity index (χ3v) is 6.60. The van der Waals surface area contributed by atoms with E-state index in [0.29, 0.717) is 25.4 Å². The first-order chi connectivity index (χ1) is 18.8. The van der Waals surface area contributed by atoms with Crippen molar-refractivity contribution in [3.05, 3.63) is 94.4 Å². The number of rotatable bonds is 15. The average molecular weight is 535 g/mol. The molecule has 39 heavy (non-hydrogen) atoms. The van der Waals surface area contributed by atoms with Crippen LogP contribution in [0.5, 0.6) is 0 Å². The molecule has 6 N–H and O–H groups in total. The van der Waals surface area contributed by atoms with Crippen molar-refractivity contribution >= 4 is 17.7 Å². The number of hydrogen-bond donors (Lipinski definition) is 4. The Hall–Kier alpha value is -3.95. The number of primary amides is 2. The molecule has 2 atom stereocenters. The van der Waals surface area contributed by atoms with E-state index in [-0.39, 0.29) is 41.1 Å². The number of carbonyl (C=O) groups is 3. The van der Waals surface area contributed by atoms with Crippen molar-refractivity contribution in [3.8, 4) is 0 Å². The molecule has 0 bridgehead atoms. The third-order valence-electron chi connectivity index (χ3n) is 6.60. The molecule has 9 nitrogen and oxygen atoms in total. The summed E-state index contributed by atoms with van der Waals surface area (Å²) in [5, 5.41) is 14.8. The predicted molar refractivity (Wildman–Crippen MR) is 149 cm³/mol. The number of nitrogens with zero attached hydrogens (tertiary/aromatic N) is 1. The van der Waals surface area contributed by atoms with E-state index >= 15 is 0 Å². The number of hydrogen-bond acceptors (Lipinski definition) is 6. The molecule has 3 rings (SSSR count). The number of amides is 3. The van der Waals surface area contributed by atoms with Crippen LogP contribution in [0.2, 0.25) is 0 Å². The van der Waals surface area contributed by atoms with Crippen LogP contribution in [0.25, 0.3) is 0 Å². The average Bonchev–Trinajstić information content (AvgIpc) is 3.44. The van der Waals surface area contributed by atoms with Gasteiger partial charge < -0.3 is 31.2 Å². The number of carbonyl (C=O) groups excluding carboxylic acids is 3. The Kier molecular flexibility index (Phi) is 10.8. The smallest absolute Gasteiger partial charge is 0.254 e. The molecule has 9 heteroatoms. The minimum Gasteiger partial charge on any atom is -0.469 e. The Balaban J connectivity index is 2.12. The van der Waals surface area contributed by atoms with Gasteiger partial charge in [-0.3, -0.25) is 14.4 Å². The minimum atomic E-state index is -1.03. The van der Waals surface area contributed by atoms with Gasteiger partial charge in [0.1, 0.15) is 5.76 Å². The Morgan fingerprint density at radius 3 is 2.18 bits per heavy atom. The lowest BCUT2D eigenvalue weighted by molar-refractivity contribution is 0.0751. The lowest BCUT2D eigenvalue weighted by Crippen LogP contribution is -2.38. The van der Waals surface area contributed by atoms with Gasteiger partial charge in [0.2, 0.25) is 11.8 Å². The van der Waals surface area contributed by atoms with Crippen molar-refractivity contribution in [1.82, 2.24) is 10.2 Å². The molecular weight excluding hydrogens is 496 g/mol. The maximum absolute atomic E-state index is 13.9. The molecule has 1 heterocycles. The minimum absolute atomic E-state index is 0.00251. The molecule has 0 aliphatic rings. The Morgan fingerprint density at radius 1 is 0.949 bits per heavy atom. The van der Waals surface area contributed by atoms with Crippen molar-refractivity contribution < 1.29 is 23.9 Å². The van der Waals surface area contributed by atoms with Gasteiger partial charge >= 0.3 is 0 Å². The molecule has 0 saturated heterocycles. The molecule has 0 aliphatic carbocycles. The summed E-state index contributed by atoms with van der Waals surface area (Å²) in [6.07, 6.45) is 2.13. The number of furan rings is 1. The molecule has 208 valence electrons. The number of aliphatic hydroxyl groups excluding tert-OH is 1. The topological polar surface area (TPSA) is 152 Å². The van der Waals surface area contributed by atoms with Crippen LogP contribution in [0.1, 0.15) is 80.6 Å². The van der Waals surface area contributed by atoms with Gasteiger partial charge in [-0.2, -0.15) is 0 Å². The Morgan fingerprint density at radius 2 is 1.62 bits per heavy atom. The van der Waals surface area contributed by atoms with Gasteiger partial charge in [-0.15, -0.1) is 0 Å². The summed E-state index contributed by atoms with van der Waals surface area (Å²) in [5.74, 6) is -2.16. The van der Waals surface area contributed by atoms with Crippen LogP contribution in [0.3, 0.4) is 0 Å². The maximum atomic E-state index is 13.9. The Labute approximate surface area is 229 Å². The molecular formula is C30H38N4O5. The lowest BCUT2D eigenvalue weighted by atomic mass is 9.81. The first-order valence-electron chi connectivity index (χ1n) is 13.3. The van der Waals surface area contributed by atoms with E-state index in [1.807, 2.05) is 44.2 Å². The summed E-state index contributed by atoms with van der Waals surface area (Å²) in [5.41, 5.74) is 12.8. The largest absolute Gasteiger partial charge is 0.469 e. The fourth-order valence-corrected chi connectivity index (χ4v) is 4.78. The van der Waals surface area contributed by atoms with E-state index < -0.39 is 23.8 Å². The number of nitrogens with two attached hydrogens (primary N) is 2. The number of aliphatic hydroxyl groups is 1. The highest BCUT2D eigenvalue weighted by Gasteiger charge is 2.33. The van der Waals surface area contributed by atoms with E-state index in [2.05, 4.69) is 5.32 Å². The second-order valence-electron chi connectivity index (χ2n) is 9.58. The van der Waals surface area contributed by atoms with Crippen molar-refractivity contribution in [2.45, 2.75) is 51.7 Å². The molecule has 0 unspecified atom stereocenters. The summed E-state index contributed by atoms with van der Waals surface area (Å²) in [6, 6.07) is 15.9. The number of benzene rings is 2. The molecule has 1 aromatic heterocycles. The van der Waals surface area contributed by atoms with Crippen LogP contribution in [0.4, 0.5) is 0 Å². The van der Waals surface area contributed by atoms with Crippen molar-refractivity contribution in [3.63, 3.8) is 0 Å². The number of nitrogens with one attached hydrogen (secondary N) is 1. The first-order valence-corrected chi connectivity index (χ1v) is 13.3. The van der Waals surface area contributed by atoms with Crippen LogP contribution in [0, 0.1) is 0 Å². The first kappa shape index (κ1) is 29.6. The van der Waals surface area contributed by atoms with Gasteiger partial charge in [0, 0.05) is 55.2 Å². The van der Waals surface area contributed by atoms with E-state index in [1.54, 1.807) is 17.0 Å². The van der Waals surface area contributed by atoms with Crippen LogP contribution in [-0.2, 0) is 13.0 Å². The predicted octanol–water partition coefficient (Wildman–Crippen LogP) is 3.22. The Bertz CT molecular complexity index is 1240. The molecule has 2 aromatic carbocycles. The molecule has 0 fully saturated rings. The van der Waals surface area contributed by atoms with Crippen molar-refractivity contribution in [2.75, 3.05) is 19.6 Å². The van der Waals surface area contributed by atoms with Gasteiger partial charge in [0.25, 0.3) is 5.91 Å². The highest BCUT2D eigenvalue weighted by molar-refractivity contribution is 6.06. The molecule has 0 spiro atoms. The van der Waals surface area contributed by atoms with Crippen LogP contribution in [-0.4, -0.2) is 53.5 Å². The second-order valence-corrected chi connectivity index (χ2v) is 9.58. The summed E-state index contributed by atoms with van der Waals surface area (Å²) < 4.78 is 5.58. The molecule has 0 aliphatic heterocycles. The quantitative estimate of drug-likeness (QED) is 0.235. The monoisotopic (exact) mass is 534 g/mol. The van der Waals surface area contributed by atoms with Crippen LogP contribution < -0.4 is 16.8 Å². The summed E-state index contributed by atoms with van der Waals surface area (Å²) in [7, 11) is 0. The highest BCUT2D eigenvalue weighted by atomic mass is 16.3. The van der Waals surface area contributed by atoms with Gasteiger partial charge in [-0.25, -0.2) is 0 Å². The molecule has 3 aromatic rings. The van der Waals surface area contributed by atoms with Gasteiger partial charge in [-0.1, -0.05) is 44.2 Å². The SMILES string of the molecule is CCCN(CCC)C(=O)c1cc(C(N)=O)cc(C(N)=O)c1[C@H](Cc1ccco1)[C@@H](O)CNCc1ccccc1. The fourth-order valence-electron chi connectivity index (χ4n) is 4.78. The van der Waals surface area contributed by atoms with E-state index in [4.69, 9.17) is 15.9 Å². The standard InChI is InChI=1S/C30H38N4O5/c1-3-12-34(13-4-2)30(38)25-16-21(28(31)36)15-24(29(32)37)27(25)23(17-22-11-8-14-39-22)26(35)19-33-18-20-9-6-5-7-10-20/h5-11,14-16,23,26,33,35H,3-4,12-13,17-19H2,1-2H3,(H2,31,36)(H2,32,37)/t23-,26+/m1/s1. The van der Waals surface area contributed by atoms with E-state index in [0.717, 1.165) is 18.4 Å². The fraction of sp³-hybridized carbons (Fsp3) is 0.367. The summed E-state index contributed by atoms with van der Waals surface area (Å²) in [6.45, 7) is 5.59. The molecule has 0 radical (unpaired) electrons. The maximum Gasteiger partial charge on any atom is 0.254 e. The summed E-state index contributed by atoms with van der Waals surface area (Å²) >= 11 is 0. The highest BCUT2D eigenvalue weighted by Crippen LogP contribution is 2.33. The zero-order valence-electron chi connectivity index (χ0n) is 22.6.